The molecule has 0 saturated heterocycles. The van der Waals surface area contributed by atoms with E-state index >= 15 is 0 Å². The van der Waals surface area contributed by atoms with Crippen molar-refractivity contribution >= 4 is 6.29 Å². The van der Waals surface area contributed by atoms with Crippen LogP contribution in [0.5, 0.6) is 0 Å². The third-order valence-corrected chi connectivity index (χ3v) is 1.44. The first kappa shape index (κ1) is 9.59. The lowest BCUT2D eigenvalue weighted by Crippen LogP contribution is -2.24. The molecule has 0 saturated carbocycles. The maximum Gasteiger partial charge on any atom is 0.120 e. The number of aldehydes is 1. The van der Waals surface area contributed by atoms with Crippen molar-refractivity contribution in [1.82, 2.24) is 0 Å². The van der Waals surface area contributed by atoms with Gasteiger partial charge >= 0.3 is 0 Å². The van der Waals surface area contributed by atoms with Crippen molar-refractivity contribution in [3.63, 3.8) is 0 Å². The highest BCUT2D eigenvalue weighted by Crippen LogP contribution is 2.03. The number of carbonyl (C=O) groups is 1. The first-order valence-electron chi connectivity index (χ1n) is 3.52. The van der Waals surface area contributed by atoms with Gasteiger partial charge in [-0.3, -0.25) is 0 Å². The second-order valence-corrected chi connectivity index (χ2v) is 2.29. The summed E-state index contributed by atoms with van der Waals surface area (Å²) in [6.07, 6.45) is 0.526. The van der Waals surface area contributed by atoms with Crippen LogP contribution in [-0.4, -0.2) is 28.7 Å². The lowest BCUT2D eigenvalue weighted by molar-refractivity contribution is -0.108. The summed E-state index contributed by atoms with van der Waals surface area (Å²) in [7, 11) is 0. The van der Waals surface area contributed by atoms with Gasteiger partial charge in [0.05, 0.1) is 12.2 Å². The molecule has 0 rings (SSSR count). The summed E-state index contributed by atoms with van der Waals surface area (Å²) in [4.78, 5) is 9.83. The van der Waals surface area contributed by atoms with Crippen molar-refractivity contribution in [3.8, 4) is 0 Å². The Labute approximate surface area is 60.7 Å². The van der Waals surface area contributed by atoms with E-state index in [1.54, 1.807) is 6.92 Å². The molecule has 60 valence electrons. The summed E-state index contributed by atoms with van der Waals surface area (Å²) in [5.41, 5.74) is 0. The Morgan fingerprint density at radius 2 is 2.00 bits per heavy atom. The summed E-state index contributed by atoms with van der Waals surface area (Å²) in [5, 5.41) is 18.0. The van der Waals surface area contributed by atoms with Crippen molar-refractivity contribution in [2.75, 3.05) is 0 Å². The molecule has 0 spiro atoms. The molecule has 2 unspecified atom stereocenters. The molecular weight excluding hydrogens is 132 g/mol. The molecule has 0 heterocycles. The fourth-order valence-electron chi connectivity index (χ4n) is 0.703. The maximum absolute atomic E-state index is 9.83. The SMILES string of the molecule is CCC(O)C(O)CCC=O. The third-order valence-electron chi connectivity index (χ3n) is 1.44. The van der Waals surface area contributed by atoms with Gasteiger partial charge in [0.1, 0.15) is 6.29 Å². The largest absolute Gasteiger partial charge is 0.390 e. The quantitative estimate of drug-likeness (QED) is 0.541. The summed E-state index contributed by atoms with van der Waals surface area (Å²) in [6.45, 7) is 1.79. The van der Waals surface area contributed by atoms with E-state index in [1.807, 2.05) is 0 Å². The van der Waals surface area contributed by atoms with Crippen LogP contribution in [0.1, 0.15) is 26.2 Å². The van der Waals surface area contributed by atoms with Gasteiger partial charge < -0.3 is 15.0 Å². The van der Waals surface area contributed by atoms with Crippen LogP contribution in [-0.2, 0) is 4.79 Å². The van der Waals surface area contributed by atoms with Gasteiger partial charge in [-0.2, -0.15) is 0 Å². The van der Waals surface area contributed by atoms with Crippen LogP contribution < -0.4 is 0 Å². The Balaban J connectivity index is 3.40. The zero-order chi connectivity index (χ0) is 7.98. The highest BCUT2D eigenvalue weighted by atomic mass is 16.3. The fraction of sp³-hybridized carbons (Fsp3) is 0.857. The van der Waals surface area contributed by atoms with Crippen molar-refractivity contribution in [3.05, 3.63) is 0 Å². The van der Waals surface area contributed by atoms with Crippen molar-refractivity contribution in [1.29, 1.82) is 0 Å². The van der Waals surface area contributed by atoms with E-state index < -0.39 is 12.2 Å². The summed E-state index contributed by atoms with van der Waals surface area (Å²) in [5.74, 6) is 0. The summed E-state index contributed by atoms with van der Waals surface area (Å²) < 4.78 is 0. The first-order chi connectivity index (χ1) is 4.72. The molecule has 0 amide bonds. The Morgan fingerprint density at radius 1 is 1.40 bits per heavy atom. The lowest BCUT2D eigenvalue weighted by Gasteiger charge is -2.13. The average molecular weight is 146 g/mol. The predicted octanol–water partition coefficient (Wildman–Crippen LogP) is 0.0973. The molecule has 3 heteroatoms. The van der Waals surface area contributed by atoms with Gasteiger partial charge in [-0.15, -0.1) is 0 Å². The number of rotatable bonds is 5. The number of hydrogen-bond donors (Lipinski definition) is 2. The monoisotopic (exact) mass is 146 g/mol. The Kier molecular flexibility index (Phi) is 5.16. The first-order valence-corrected chi connectivity index (χ1v) is 3.52. The molecule has 0 bridgehead atoms. The van der Waals surface area contributed by atoms with Gasteiger partial charge in [-0.25, -0.2) is 0 Å². The van der Waals surface area contributed by atoms with Crippen LogP contribution >= 0.6 is 0 Å². The summed E-state index contributed by atoms with van der Waals surface area (Å²) >= 11 is 0. The predicted molar refractivity (Wildman–Crippen MR) is 37.6 cm³/mol. The van der Waals surface area contributed by atoms with Crippen LogP contribution in [0.15, 0.2) is 0 Å². The zero-order valence-corrected chi connectivity index (χ0v) is 6.16. The Hall–Kier alpha value is -0.410. The second-order valence-electron chi connectivity index (χ2n) is 2.29. The van der Waals surface area contributed by atoms with Crippen LogP contribution in [0.25, 0.3) is 0 Å². The van der Waals surface area contributed by atoms with E-state index in [4.69, 9.17) is 10.2 Å². The smallest absolute Gasteiger partial charge is 0.120 e. The van der Waals surface area contributed by atoms with Gasteiger partial charge in [-0.05, 0) is 12.8 Å². The van der Waals surface area contributed by atoms with E-state index in [-0.39, 0.29) is 0 Å². The van der Waals surface area contributed by atoms with Crippen LogP contribution in [0, 0.1) is 0 Å². The fourth-order valence-corrected chi connectivity index (χ4v) is 0.703. The molecule has 2 N–H and O–H groups in total. The Morgan fingerprint density at radius 3 is 2.40 bits per heavy atom. The topological polar surface area (TPSA) is 57.5 Å². The number of aliphatic hydroxyl groups is 2. The second kappa shape index (κ2) is 5.38. The van der Waals surface area contributed by atoms with Gasteiger partial charge in [0.15, 0.2) is 0 Å². The average Bonchev–Trinajstić information content (AvgIpc) is 1.98. The van der Waals surface area contributed by atoms with Crippen LogP contribution in [0.4, 0.5) is 0 Å². The van der Waals surface area contributed by atoms with Crippen LogP contribution in [0.3, 0.4) is 0 Å². The molecular formula is C7H14O3. The van der Waals surface area contributed by atoms with Gasteiger partial charge in [0.2, 0.25) is 0 Å². The van der Waals surface area contributed by atoms with Gasteiger partial charge in [-0.1, -0.05) is 6.92 Å². The third kappa shape index (κ3) is 3.58. The van der Waals surface area contributed by atoms with Crippen molar-refractivity contribution in [2.45, 2.75) is 38.4 Å². The molecule has 3 nitrogen and oxygen atoms in total. The molecule has 0 aliphatic carbocycles. The summed E-state index contributed by atoms with van der Waals surface area (Å²) in [6, 6.07) is 0. The number of carbonyl (C=O) groups excluding carboxylic acids is 1. The molecule has 2 atom stereocenters. The minimum atomic E-state index is -0.741. The molecule has 0 aliphatic heterocycles. The molecule has 0 aromatic heterocycles. The molecule has 0 aromatic carbocycles. The lowest BCUT2D eigenvalue weighted by atomic mass is 10.1. The molecule has 0 fully saturated rings. The number of hydrogen-bond acceptors (Lipinski definition) is 3. The van der Waals surface area contributed by atoms with Crippen molar-refractivity contribution in [2.24, 2.45) is 0 Å². The molecule has 0 aliphatic rings. The van der Waals surface area contributed by atoms with E-state index in [9.17, 15) is 4.79 Å². The van der Waals surface area contributed by atoms with Crippen molar-refractivity contribution < 1.29 is 15.0 Å². The minimum absolute atomic E-state index is 0.318. The Bertz CT molecular complexity index is 92.9. The number of aliphatic hydroxyl groups excluding tert-OH is 2. The zero-order valence-electron chi connectivity index (χ0n) is 6.16. The highest BCUT2D eigenvalue weighted by molar-refractivity contribution is 5.49. The molecule has 0 radical (unpaired) electrons. The molecule has 10 heavy (non-hydrogen) atoms. The standard InChI is InChI=1S/C7H14O3/c1-2-6(9)7(10)4-3-5-8/h5-7,9-10H,2-4H2,1H3. The normalized spacial score (nSPS) is 16.3. The minimum Gasteiger partial charge on any atom is -0.390 e. The van der Waals surface area contributed by atoms with E-state index in [1.165, 1.54) is 0 Å². The van der Waals surface area contributed by atoms with Gasteiger partial charge in [0, 0.05) is 6.42 Å². The van der Waals surface area contributed by atoms with Crippen LogP contribution in [0.2, 0.25) is 0 Å². The van der Waals surface area contributed by atoms with E-state index in [0.29, 0.717) is 19.3 Å². The van der Waals surface area contributed by atoms with E-state index in [2.05, 4.69) is 0 Å². The maximum atomic E-state index is 9.83. The molecule has 0 aromatic rings. The highest BCUT2D eigenvalue weighted by Gasteiger charge is 2.12. The van der Waals surface area contributed by atoms with E-state index in [0.717, 1.165) is 6.29 Å². The van der Waals surface area contributed by atoms with Gasteiger partial charge in [0.25, 0.3) is 0 Å².